The molecule has 5 rings (SSSR count). The van der Waals surface area contributed by atoms with Crippen LogP contribution < -0.4 is 19.3 Å². The first-order valence-electron chi connectivity index (χ1n) is 12.4. The number of carbonyl (C=O) groups is 2. The van der Waals surface area contributed by atoms with Gasteiger partial charge in [0.2, 0.25) is 11.8 Å². The van der Waals surface area contributed by atoms with Crippen LogP contribution in [0.5, 0.6) is 11.5 Å². The molecule has 192 valence electrons. The molecule has 2 heterocycles. The molecule has 0 spiro atoms. The summed E-state index contributed by atoms with van der Waals surface area (Å²) in [6.07, 6.45) is 0.139. The van der Waals surface area contributed by atoms with E-state index in [0.29, 0.717) is 37.7 Å². The number of anilines is 2. The summed E-state index contributed by atoms with van der Waals surface area (Å²) in [4.78, 5) is 32.9. The number of amides is 2. The predicted octanol–water partition coefficient (Wildman–Crippen LogP) is 4.29. The average molecular weight is 504 g/mol. The predicted molar refractivity (Wildman–Crippen MR) is 140 cm³/mol. The number of halogens is 1. The van der Waals surface area contributed by atoms with Gasteiger partial charge in [-0.3, -0.25) is 9.59 Å². The Morgan fingerprint density at radius 3 is 1.89 bits per heavy atom. The molecule has 0 saturated carbocycles. The summed E-state index contributed by atoms with van der Waals surface area (Å²) in [5.74, 6) is 0.514. The molecule has 8 heteroatoms. The number of ether oxygens (including phenoxy) is 2. The number of nitrogens with zero attached hydrogens (tertiary/aromatic N) is 3. The Morgan fingerprint density at radius 2 is 1.32 bits per heavy atom. The van der Waals surface area contributed by atoms with E-state index in [9.17, 15) is 14.0 Å². The molecule has 0 N–H and O–H groups in total. The second kappa shape index (κ2) is 10.5. The van der Waals surface area contributed by atoms with E-state index in [-0.39, 0.29) is 24.1 Å². The molecular weight excluding hydrogens is 473 g/mol. The third-order valence-corrected chi connectivity index (χ3v) is 7.23. The smallest absolute Gasteiger partial charge is 0.228 e. The second-order valence-electron chi connectivity index (χ2n) is 9.28. The van der Waals surface area contributed by atoms with Gasteiger partial charge in [-0.15, -0.1) is 0 Å². The lowest BCUT2D eigenvalue weighted by Gasteiger charge is -2.38. The summed E-state index contributed by atoms with van der Waals surface area (Å²) in [6, 6.07) is 20.9. The molecule has 37 heavy (non-hydrogen) atoms. The van der Waals surface area contributed by atoms with Gasteiger partial charge in [0.1, 0.15) is 17.3 Å². The number of methoxy groups -OCH3 is 2. The molecule has 3 aromatic rings. The summed E-state index contributed by atoms with van der Waals surface area (Å²) in [6.45, 7) is 2.37. The van der Waals surface area contributed by atoms with Crippen molar-refractivity contribution in [3.8, 4) is 11.5 Å². The minimum absolute atomic E-state index is 0.0241. The van der Waals surface area contributed by atoms with Gasteiger partial charge in [0.25, 0.3) is 0 Å². The zero-order valence-corrected chi connectivity index (χ0v) is 21.0. The average Bonchev–Trinajstić information content (AvgIpc) is 3.30. The summed E-state index contributed by atoms with van der Waals surface area (Å²) in [5, 5.41) is 0. The summed E-state index contributed by atoms with van der Waals surface area (Å²) in [5.41, 5.74) is 2.54. The van der Waals surface area contributed by atoms with Crippen molar-refractivity contribution >= 4 is 23.2 Å². The number of piperazine rings is 1. The molecule has 0 aromatic heterocycles. The zero-order chi connectivity index (χ0) is 25.9. The van der Waals surface area contributed by atoms with Gasteiger partial charge in [-0.05, 0) is 66.2 Å². The minimum atomic E-state index is -0.514. The fraction of sp³-hybridized carbons (Fsp3) is 0.310. The topological polar surface area (TPSA) is 62.3 Å². The molecule has 0 aliphatic carbocycles. The zero-order valence-electron chi connectivity index (χ0n) is 21.0. The van der Waals surface area contributed by atoms with Crippen LogP contribution in [0.4, 0.5) is 15.8 Å². The van der Waals surface area contributed by atoms with Crippen molar-refractivity contribution in [2.75, 3.05) is 50.2 Å². The normalized spacial score (nSPS) is 19.8. The van der Waals surface area contributed by atoms with E-state index in [0.717, 1.165) is 16.9 Å². The van der Waals surface area contributed by atoms with Gasteiger partial charge in [-0.2, -0.15) is 0 Å². The van der Waals surface area contributed by atoms with E-state index < -0.39 is 12.0 Å². The molecular formula is C29H30FN3O4. The first-order chi connectivity index (χ1) is 18.0. The van der Waals surface area contributed by atoms with Crippen LogP contribution in [0.2, 0.25) is 0 Å². The highest BCUT2D eigenvalue weighted by Gasteiger charge is 2.46. The lowest BCUT2D eigenvalue weighted by atomic mass is 9.91. The number of benzene rings is 3. The van der Waals surface area contributed by atoms with Crippen molar-refractivity contribution < 1.29 is 23.5 Å². The van der Waals surface area contributed by atoms with Crippen molar-refractivity contribution in [3.05, 3.63) is 84.2 Å². The highest BCUT2D eigenvalue weighted by atomic mass is 19.1. The fourth-order valence-corrected chi connectivity index (χ4v) is 5.26. The monoisotopic (exact) mass is 503 g/mol. The molecule has 3 aromatic carbocycles. The van der Waals surface area contributed by atoms with Crippen LogP contribution in [-0.4, -0.2) is 57.1 Å². The third-order valence-electron chi connectivity index (χ3n) is 7.23. The number of hydrogen-bond acceptors (Lipinski definition) is 5. The van der Waals surface area contributed by atoms with Crippen LogP contribution >= 0.6 is 0 Å². The van der Waals surface area contributed by atoms with Crippen LogP contribution in [0.25, 0.3) is 0 Å². The van der Waals surface area contributed by atoms with Gasteiger partial charge in [0.15, 0.2) is 0 Å². The van der Waals surface area contributed by atoms with Gasteiger partial charge >= 0.3 is 0 Å². The molecule has 7 nitrogen and oxygen atoms in total. The standard InChI is InChI=1S/C29H30FN3O4/c1-36-24-11-3-20(4-12-24)28-26(19-27(34)33(28)23-9-13-25(37-2)14-10-23)29(35)32-17-15-31(16-18-32)22-7-5-21(30)6-8-22/h3-14,26,28H,15-19H2,1-2H3/t26-,28+/m0/s1. The van der Waals surface area contributed by atoms with Crippen LogP contribution in [0.3, 0.4) is 0 Å². The number of rotatable bonds is 6. The summed E-state index contributed by atoms with van der Waals surface area (Å²) in [7, 11) is 3.20. The van der Waals surface area contributed by atoms with Crippen molar-refractivity contribution in [1.29, 1.82) is 0 Å². The molecule has 2 atom stereocenters. The Balaban J connectivity index is 1.39. The fourth-order valence-electron chi connectivity index (χ4n) is 5.26. The maximum atomic E-state index is 13.9. The first-order valence-corrected chi connectivity index (χ1v) is 12.4. The Labute approximate surface area is 216 Å². The minimum Gasteiger partial charge on any atom is -0.497 e. The van der Waals surface area contributed by atoms with Crippen LogP contribution in [-0.2, 0) is 9.59 Å². The molecule has 0 bridgehead atoms. The van der Waals surface area contributed by atoms with Gasteiger partial charge < -0.3 is 24.2 Å². The van der Waals surface area contributed by atoms with E-state index in [1.54, 1.807) is 31.3 Å². The van der Waals surface area contributed by atoms with Crippen molar-refractivity contribution in [1.82, 2.24) is 4.90 Å². The maximum absolute atomic E-state index is 13.9. The highest BCUT2D eigenvalue weighted by Crippen LogP contribution is 2.43. The Kier molecular flexibility index (Phi) is 6.99. The first kappa shape index (κ1) is 24.6. The summed E-state index contributed by atoms with van der Waals surface area (Å²) >= 11 is 0. The van der Waals surface area contributed by atoms with Crippen molar-refractivity contribution in [2.45, 2.75) is 12.5 Å². The van der Waals surface area contributed by atoms with E-state index >= 15 is 0 Å². The third kappa shape index (κ3) is 4.96. The Morgan fingerprint density at radius 1 is 0.784 bits per heavy atom. The quantitative estimate of drug-likeness (QED) is 0.502. The van der Waals surface area contributed by atoms with Gasteiger partial charge in [0.05, 0.1) is 26.2 Å². The molecule has 2 saturated heterocycles. The summed E-state index contributed by atoms with van der Waals surface area (Å²) < 4.78 is 23.9. The lowest BCUT2D eigenvalue weighted by Crippen LogP contribution is -2.51. The molecule has 2 amide bonds. The molecule has 0 radical (unpaired) electrons. The largest absolute Gasteiger partial charge is 0.497 e. The number of carbonyl (C=O) groups excluding carboxylic acids is 2. The van der Waals surface area contributed by atoms with E-state index in [1.165, 1.54) is 12.1 Å². The second-order valence-corrected chi connectivity index (χ2v) is 9.28. The highest BCUT2D eigenvalue weighted by molar-refractivity contribution is 6.01. The van der Waals surface area contributed by atoms with Crippen molar-refractivity contribution in [2.24, 2.45) is 5.92 Å². The SMILES string of the molecule is COc1ccc([C@@H]2[C@@H](C(=O)N3CCN(c4ccc(F)cc4)CC3)CC(=O)N2c2ccc(OC)cc2)cc1. The van der Waals surface area contributed by atoms with Crippen LogP contribution in [0, 0.1) is 11.7 Å². The van der Waals surface area contributed by atoms with E-state index in [2.05, 4.69) is 4.90 Å². The van der Waals surface area contributed by atoms with Crippen LogP contribution in [0.1, 0.15) is 18.0 Å². The molecule has 2 fully saturated rings. The van der Waals surface area contributed by atoms with E-state index in [4.69, 9.17) is 9.47 Å². The van der Waals surface area contributed by atoms with Crippen molar-refractivity contribution in [3.63, 3.8) is 0 Å². The van der Waals surface area contributed by atoms with Gasteiger partial charge in [-0.1, -0.05) is 12.1 Å². The van der Waals surface area contributed by atoms with Gasteiger partial charge in [0, 0.05) is 44.0 Å². The lowest BCUT2D eigenvalue weighted by molar-refractivity contribution is -0.136. The molecule has 0 unspecified atom stereocenters. The molecule has 2 aliphatic heterocycles. The Bertz CT molecular complexity index is 1240. The Hall–Kier alpha value is -4.07. The van der Waals surface area contributed by atoms with Gasteiger partial charge in [-0.25, -0.2) is 4.39 Å². The molecule has 2 aliphatic rings. The van der Waals surface area contributed by atoms with E-state index in [1.807, 2.05) is 53.4 Å². The van der Waals surface area contributed by atoms with Crippen LogP contribution in [0.15, 0.2) is 72.8 Å². The maximum Gasteiger partial charge on any atom is 0.228 e. The number of hydrogen-bond donors (Lipinski definition) is 0.